The highest BCUT2D eigenvalue weighted by atomic mass is 35.5. The summed E-state index contributed by atoms with van der Waals surface area (Å²) in [7, 11) is 0. The van der Waals surface area contributed by atoms with Gasteiger partial charge in [0.25, 0.3) is 5.56 Å². The van der Waals surface area contributed by atoms with Crippen LogP contribution >= 0.6 is 23.4 Å². The van der Waals surface area contributed by atoms with Crippen LogP contribution in [0.2, 0.25) is 5.02 Å². The zero-order chi connectivity index (χ0) is 22.0. The van der Waals surface area contributed by atoms with Gasteiger partial charge in [-0.25, -0.2) is 9.97 Å². The summed E-state index contributed by atoms with van der Waals surface area (Å²) in [5.41, 5.74) is 1.39. The number of imidazole rings is 1. The van der Waals surface area contributed by atoms with E-state index in [1.54, 1.807) is 28.8 Å². The summed E-state index contributed by atoms with van der Waals surface area (Å²) in [5.74, 6) is 0.157. The molecule has 0 aliphatic rings. The van der Waals surface area contributed by atoms with Gasteiger partial charge >= 0.3 is 6.18 Å². The van der Waals surface area contributed by atoms with E-state index in [0.29, 0.717) is 21.5 Å². The topological polar surface area (TPSA) is 52.7 Å². The van der Waals surface area contributed by atoms with E-state index in [1.807, 2.05) is 30.3 Å². The summed E-state index contributed by atoms with van der Waals surface area (Å²) < 4.78 is 40.6. The number of thioether (sulfide) groups is 1. The van der Waals surface area contributed by atoms with Crippen LogP contribution in [-0.2, 0) is 0 Å². The van der Waals surface area contributed by atoms with Gasteiger partial charge < -0.3 is 0 Å². The van der Waals surface area contributed by atoms with Crippen LogP contribution in [0, 0.1) is 0 Å². The fourth-order valence-corrected chi connectivity index (χ4v) is 4.13. The molecule has 0 aliphatic carbocycles. The Labute approximate surface area is 184 Å². The fraction of sp³-hybridized carbons (Fsp3) is 0.190. The summed E-state index contributed by atoms with van der Waals surface area (Å²) in [6.45, 7) is 0. The second kappa shape index (κ2) is 8.76. The summed E-state index contributed by atoms with van der Waals surface area (Å²) in [5, 5.41) is 0.790. The molecule has 0 amide bonds. The van der Waals surface area contributed by atoms with Gasteiger partial charge in [-0.2, -0.15) is 13.2 Å². The van der Waals surface area contributed by atoms with Crippen molar-refractivity contribution < 1.29 is 13.2 Å². The number of hydrogen-bond acceptors (Lipinski definition) is 4. The maximum absolute atomic E-state index is 13.3. The van der Waals surface area contributed by atoms with Crippen LogP contribution in [0.3, 0.4) is 0 Å². The van der Waals surface area contributed by atoms with Crippen LogP contribution in [0.1, 0.15) is 12.8 Å². The molecule has 0 radical (unpaired) electrons. The number of aromatic nitrogens is 4. The molecular formula is C21H16ClF3N4OS. The molecule has 10 heteroatoms. The molecule has 31 heavy (non-hydrogen) atoms. The van der Waals surface area contributed by atoms with Gasteiger partial charge in [-0.1, -0.05) is 41.6 Å². The van der Waals surface area contributed by atoms with Crippen molar-refractivity contribution in [3.63, 3.8) is 0 Å². The SMILES string of the molecule is O=c1c2ncn(-c3ccccc3)c2nc(SCCCC(F)(F)F)n1-c1ccc(Cl)cc1. The Morgan fingerprint density at radius 1 is 1.00 bits per heavy atom. The van der Waals surface area contributed by atoms with Crippen LogP contribution in [0.5, 0.6) is 0 Å². The zero-order valence-corrected chi connectivity index (χ0v) is 17.6. The zero-order valence-electron chi connectivity index (χ0n) is 16.0. The first kappa shape index (κ1) is 21.5. The molecule has 0 bridgehead atoms. The van der Waals surface area contributed by atoms with Gasteiger partial charge in [0.1, 0.15) is 6.33 Å². The van der Waals surface area contributed by atoms with Crippen LogP contribution in [0.25, 0.3) is 22.5 Å². The van der Waals surface area contributed by atoms with E-state index in [-0.39, 0.29) is 17.7 Å². The number of fused-ring (bicyclic) bond motifs is 1. The minimum atomic E-state index is -4.22. The molecule has 0 saturated heterocycles. The standard InChI is InChI=1S/C21H16ClF3N4OS/c22-14-7-9-16(10-8-14)29-19(30)17-18(27-20(29)31-12-4-11-21(23,24)25)28(13-26-17)15-5-2-1-3-6-15/h1-3,5-10,13H,4,11-12H2. The molecular weight excluding hydrogens is 449 g/mol. The van der Waals surface area contributed by atoms with Crippen LogP contribution < -0.4 is 5.56 Å². The minimum Gasteiger partial charge on any atom is -0.283 e. The summed E-state index contributed by atoms with van der Waals surface area (Å²) >= 11 is 7.06. The molecule has 0 aliphatic heterocycles. The van der Waals surface area contributed by atoms with Crippen molar-refractivity contribution in [1.82, 2.24) is 19.1 Å². The lowest BCUT2D eigenvalue weighted by atomic mass is 10.3. The number of para-hydroxylation sites is 1. The van der Waals surface area contributed by atoms with Crippen molar-refractivity contribution >= 4 is 34.5 Å². The summed E-state index contributed by atoms with van der Waals surface area (Å²) in [6.07, 6.45) is -3.69. The number of hydrogen-bond donors (Lipinski definition) is 0. The third-order valence-corrected chi connectivity index (χ3v) is 5.77. The van der Waals surface area contributed by atoms with Crippen molar-refractivity contribution in [3.8, 4) is 11.4 Å². The number of benzene rings is 2. The minimum absolute atomic E-state index is 0.0827. The van der Waals surface area contributed by atoms with E-state index in [9.17, 15) is 18.0 Å². The number of rotatable bonds is 6. The highest BCUT2D eigenvalue weighted by Crippen LogP contribution is 2.27. The molecule has 0 N–H and O–H groups in total. The molecule has 2 aromatic carbocycles. The van der Waals surface area contributed by atoms with Gasteiger partial charge in [0.2, 0.25) is 0 Å². The van der Waals surface area contributed by atoms with E-state index in [4.69, 9.17) is 11.6 Å². The predicted molar refractivity (Wildman–Crippen MR) is 115 cm³/mol. The molecule has 2 heterocycles. The third kappa shape index (κ3) is 4.77. The molecule has 4 aromatic rings. The van der Waals surface area contributed by atoms with Gasteiger partial charge in [-0.3, -0.25) is 13.9 Å². The Kier molecular flexibility index (Phi) is 6.06. The van der Waals surface area contributed by atoms with Gasteiger partial charge in [0.15, 0.2) is 16.3 Å². The molecule has 0 unspecified atom stereocenters. The van der Waals surface area contributed by atoms with Crippen LogP contribution in [0.4, 0.5) is 13.2 Å². The molecule has 0 spiro atoms. The number of nitrogens with zero attached hydrogens (tertiary/aromatic N) is 4. The fourth-order valence-electron chi connectivity index (χ4n) is 3.06. The monoisotopic (exact) mass is 464 g/mol. The largest absolute Gasteiger partial charge is 0.389 e. The van der Waals surface area contributed by atoms with Crippen molar-refractivity contribution in [3.05, 3.63) is 76.3 Å². The Morgan fingerprint density at radius 2 is 1.71 bits per heavy atom. The smallest absolute Gasteiger partial charge is 0.283 e. The van der Waals surface area contributed by atoms with E-state index < -0.39 is 18.2 Å². The van der Waals surface area contributed by atoms with Crippen LogP contribution in [0.15, 0.2) is 70.9 Å². The summed E-state index contributed by atoms with van der Waals surface area (Å²) in [4.78, 5) is 22.2. The molecule has 4 rings (SSSR count). The molecule has 160 valence electrons. The van der Waals surface area contributed by atoms with Gasteiger partial charge in [-0.15, -0.1) is 0 Å². The van der Waals surface area contributed by atoms with E-state index >= 15 is 0 Å². The Morgan fingerprint density at radius 3 is 2.39 bits per heavy atom. The lowest BCUT2D eigenvalue weighted by molar-refractivity contribution is -0.134. The Balaban J connectivity index is 1.81. The van der Waals surface area contributed by atoms with Crippen molar-refractivity contribution in [2.75, 3.05) is 5.75 Å². The van der Waals surface area contributed by atoms with E-state index in [0.717, 1.165) is 17.4 Å². The molecule has 0 saturated carbocycles. The molecule has 0 fully saturated rings. The van der Waals surface area contributed by atoms with Gasteiger partial charge in [-0.05, 0) is 42.8 Å². The number of alkyl halides is 3. The second-order valence-electron chi connectivity index (χ2n) is 6.70. The molecule has 0 atom stereocenters. The van der Waals surface area contributed by atoms with Crippen molar-refractivity contribution in [2.45, 2.75) is 24.2 Å². The highest BCUT2D eigenvalue weighted by molar-refractivity contribution is 7.99. The second-order valence-corrected chi connectivity index (χ2v) is 8.20. The van der Waals surface area contributed by atoms with Gasteiger partial charge in [0, 0.05) is 22.9 Å². The van der Waals surface area contributed by atoms with Crippen LogP contribution in [-0.4, -0.2) is 31.0 Å². The maximum atomic E-state index is 13.3. The first-order valence-electron chi connectivity index (χ1n) is 9.34. The quantitative estimate of drug-likeness (QED) is 0.210. The predicted octanol–water partition coefficient (Wildman–Crippen LogP) is 5.66. The first-order chi connectivity index (χ1) is 14.8. The normalized spacial score (nSPS) is 11.9. The highest BCUT2D eigenvalue weighted by Gasteiger charge is 2.26. The van der Waals surface area contributed by atoms with E-state index in [1.165, 1.54) is 10.9 Å². The molecule has 5 nitrogen and oxygen atoms in total. The average Bonchev–Trinajstić information content (AvgIpc) is 3.16. The lowest BCUT2D eigenvalue weighted by Crippen LogP contribution is -2.22. The van der Waals surface area contributed by atoms with E-state index in [2.05, 4.69) is 9.97 Å². The summed E-state index contributed by atoms with van der Waals surface area (Å²) in [6, 6.07) is 15.9. The molecule has 2 aromatic heterocycles. The maximum Gasteiger partial charge on any atom is 0.389 e. The number of halogens is 4. The average molecular weight is 465 g/mol. The Hall–Kier alpha value is -2.78. The first-order valence-corrected chi connectivity index (χ1v) is 10.7. The Bertz CT molecular complexity index is 1250. The van der Waals surface area contributed by atoms with Crippen molar-refractivity contribution in [2.24, 2.45) is 0 Å². The van der Waals surface area contributed by atoms with Crippen molar-refractivity contribution in [1.29, 1.82) is 0 Å². The van der Waals surface area contributed by atoms with Gasteiger partial charge in [0.05, 0.1) is 5.69 Å². The third-order valence-electron chi connectivity index (χ3n) is 4.50. The lowest BCUT2D eigenvalue weighted by Gasteiger charge is -2.13.